The number of rotatable bonds is 14. The van der Waals surface area contributed by atoms with Gasteiger partial charge >= 0.3 is 5.97 Å². The summed E-state index contributed by atoms with van der Waals surface area (Å²) < 4.78 is 0. The molecule has 3 heterocycles. The van der Waals surface area contributed by atoms with Crippen LogP contribution in [0, 0.1) is 0 Å². The van der Waals surface area contributed by atoms with Crippen LogP contribution in [-0.2, 0) is 49.8 Å². The predicted octanol–water partition coefficient (Wildman–Crippen LogP) is 1.95. The summed E-state index contributed by atoms with van der Waals surface area (Å²) >= 11 is 0. The number of para-hydroxylation sites is 2. The number of aromatic nitrogens is 2. The molecule has 0 radical (unpaired) electrons. The Balaban J connectivity index is 1.18. The highest BCUT2D eigenvalue weighted by Crippen LogP contribution is 2.26. The zero-order valence-electron chi connectivity index (χ0n) is 27.2. The summed E-state index contributed by atoms with van der Waals surface area (Å²) in [5, 5.41) is 23.2. The first-order valence-corrected chi connectivity index (χ1v) is 16.5. The average molecular weight is 678 g/mol. The minimum Gasteiger partial charge on any atom is -0.480 e. The molecule has 0 unspecified atom stereocenters. The number of carboxylic acid groups (broad SMARTS) is 1. The molecular formula is C37H39N7O6. The third-order valence-electron chi connectivity index (χ3n) is 9.09. The number of benzene rings is 3. The van der Waals surface area contributed by atoms with E-state index in [1.807, 2.05) is 54.6 Å². The van der Waals surface area contributed by atoms with Crippen molar-refractivity contribution in [2.75, 3.05) is 0 Å². The van der Waals surface area contributed by atoms with Gasteiger partial charge in [-0.3, -0.25) is 24.5 Å². The Bertz CT molecular complexity index is 2040. The fraction of sp³-hybridized carbons (Fsp3) is 0.270. The highest BCUT2D eigenvalue weighted by atomic mass is 16.4. The van der Waals surface area contributed by atoms with Crippen molar-refractivity contribution in [3.63, 3.8) is 0 Å². The minimum absolute atomic E-state index is 0.000909. The molecular weight excluding hydrogens is 638 g/mol. The third-order valence-corrected chi connectivity index (χ3v) is 9.09. The zero-order chi connectivity index (χ0) is 35.2. The number of fused-ring (bicyclic) bond motifs is 4. The van der Waals surface area contributed by atoms with E-state index in [9.17, 15) is 29.1 Å². The molecule has 0 saturated heterocycles. The van der Waals surface area contributed by atoms with Gasteiger partial charge in [-0.15, -0.1) is 0 Å². The van der Waals surface area contributed by atoms with Crippen LogP contribution >= 0.6 is 0 Å². The number of amides is 4. The summed E-state index contributed by atoms with van der Waals surface area (Å²) in [5.41, 5.74) is 10.6. The van der Waals surface area contributed by atoms with Gasteiger partial charge in [0.25, 0.3) is 0 Å². The van der Waals surface area contributed by atoms with Crippen LogP contribution in [0.5, 0.6) is 0 Å². The first kappa shape index (κ1) is 33.9. The van der Waals surface area contributed by atoms with Gasteiger partial charge in [0.1, 0.15) is 18.1 Å². The average Bonchev–Trinajstić information content (AvgIpc) is 3.70. The molecule has 4 amide bonds. The summed E-state index contributed by atoms with van der Waals surface area (Å²) in [5.74, 6) is -3.76. The highest BCUT2D eigenvalue weighted by molar-refractivity contribution is 5.95. The Morgan fingerprint density at radius 3 is 2.18 bits per heavy atom. The Labute approximate surface area is 287 Å². The number of primary amides is 1. The normalized spacial score (nSPS) is 15.8. The van der Waals surface area contributed by atoms with E-state index in [0.29, 0.717) is 18.5 Å². The van der Waals surface area contributed by atoms with Crippen molar-refractivity contribution in [2.24, 2.45) is 5.73 Å². The molecule has 0 spiro atoms. The number of carboxylic acids is 1. The largest absolute Gasteiger partial charge is 0.480 e. The van der Waals surface area contributed by atoms with Crippen LogP contribution in [0.1, 0.15) is 35.2 Å². The fourth-order valence-corrected chi connectivity index (χ4v) is 6.48. The number of hydrogen-bond acceptors (Lipinski definition) is 6. The number of hydrogen-bond donors (Lipinski definition) is 8. The molecule has 9 N–H and O–H groups in total. The van der Waals surface area contributed by atoms with Gasteiger partial charge < -0.3 is 36.8 Å². The topological polar surface area (TPSA) is 211 Å². The van der Waals surface area contributed by atoms with E-state index in [0.717, 1.165) is 38.6 Å². The molecule has 0 bridgehead atoms. The van der Waals surface area contributed by atoms with Crippen molar-refractivity contribution in [3.8, 4) is 0 Å². The fourth-order valence-electron chi connectivity index (χ4n) is 6.48. The van der Waals surface area contributed by atoms with Crippen LogP contribution in [0.25, 0.3) is 21.8 Å². The molecule has 0 aliphatic carbocycles. The van der Waals surface area contributed by atoms with E-state index in [1.54, 1.807) is 30.5 Å². The zero-order valence-corrected chi connectivity index (χ0v) is 27.2. The van der Waals surface area contributed by atoms with Gasteiger partial charge in [0, 0.05) is 59.5 Å². The van der Waals surface area contributed by atoms with Crippen LogP contribution < -0.4 is 27.0 Å². The lowest BCUT2D eigenvalue weighted by atomic mass is 9.97. The summed E-state index contributed by atoms with van der Waals surface area (Å²) in [6.07, 6.45) is 1.84. The summed E-state index contributed by atoms with van der Waals surface area (Å²) in [4.78, 5) is 71.8. The van der Waals surface area contributed by atoms with E-state index in [4.69, 9.17) is 5.73 Å². The molecule has 258 valence electrons. The van der Waals surface area contributed by atoms with Gasteiger partial charge in [-0.05, 0) is 41.7 Å². The molecule has 1 aliphatic heterocycles. The molecule has 13 nitrogen and oxygen atoms in total. The molecule has 2 aromatic heterocycles. The second-order valence-electron chi connectivity index (χ2n) is 12.5. The Hall–Kier alpha value is -5.95. The van der Waals surface area contributed by atoms with Crippen molar-refractivity contribution in [1.82, 2.24) is 31.2 Å². The molecule has 13 heteroatoms. The third kappa shape index (κ3) is 7.84. The van der Waals surface area contributed by atoms with Gasteiger partial charge in [0.15, 0.2) is 0 Å². The number of aliphatic carboxylic acids is 1. The van der Waals surface area contributed by atoms with Crippen molar-refractivity contribution < 1.29 is 29.1 Å². The van der Waals surface area contributed by atoms with Crippen LogP contribution in [0.4, 0.5) is 0 Å². The lowest BCUT2D eigenvalue weighted by Gasteiger charge is -2.27. The summed E-state index contributed by atoms with van der Waals surface area (Å²) in [7, 11) is 0. The molecule has 0 saturated carbocycles. The van der Waals surface area contributed by atoms with Crippen LogP contribution in [0.2, 0.25) is 0 Å². The number of carbonyl (C=O) groups excluding carboxylic acids is 4. The predicted molar refractivity (Wildman–Crippen MR) is 187 cm³/mol. The number of aromatic amines is 2. The van der Waals surface area contributed by atoms with Crippen LogP contribution in [0.15, 0.2) is 85.1 Å². The molecule has 6 rings (SSSR count). The van der Waals surface area contributed by atoms with E-state index < -0.39 is 53.8 Å². The molecule has 1 aliphatic rings. The maximum absolute atomic E-state index is 13.8. The van der Waals surface area contributed by atoms with E-state index in [1.165, 1.54) is 0 Å². The van der Waals surface area contributed by atoms with Gasteiger partial charge in [-0.2, -0.15) is 0 Å². The minimum atomic E-state index is -1.30. The lowest BCUT2D eigenvalue weighted by Crippen LogP contribution is -2.58. The van der Waals surface area contributed by atoms with Gasteiger partial charge in [0.2, 0.25) is 23.6 Å². The van der Waals surface area contributed by atoms with Gasteiger partial charge in [-0.1, -0.05) is 66.7 Å². The Morgan fingerprint density at radius 2 is 1.44 bits per heavy atom. The quantitative estimate of drug-likeness (QED) is 0.0875. The lowest BCUT2D eigenvalue weighted by molar-refractivity contribution is -0.142. The highest BCUT2D eigenvalue weighted by Gasteiger charge is 2.33. The van der Waals surface area contributed by atoms with Crippen molar-refractivity contribution in [3.05, 3.63) is 107 Å². The Kier molecular flexibility index (Phi) is 10.2. The Morgan fingerprint density at radius 1 is 0.780 bits per heavy atom. The van der Waals surface area contributed by atoms with Crippen molar-refractivity contribution in [1.29, 1.82) is 0 Å². The number of H-pyrrole nitrogens is 2. The monoisotopic (exact) mass is 677 g/mol. The first-order chi connectivity index (χ1) is 24.2. The number of nitrogens with one attached hydrogen (secondary N) is 6. The summed E-state index contributed by atoms with van der Waals surface area (Å²) in [6.45, 7) is 0.420. The SMILES string of the molecule is NC(=O)CC[C@H](NC(=O)[C@@H]1Cc2c([nH]c3ccccc23)CN1)C(=O)N[C@@H](Cc1ccccc1)C(=O)N[C@@H](Cc1c[nH]c2ccccc12)C(=O)O. The maximum atomic E-state index is 13.8. The summed E-state index contributed by atoms with van der Waals surface area (Å²) in [6, 6.07) is 19.9. The molecule has 0 fully saturated rings. The van der Waals surface area contributed by atoms with Gasteiger partial charge in [0.05, 0.1) is 6.04 Å². The van der Waals surface area contributed by atoms with E-state index >= 15 is 0 Å². The standard InChI is InChI=1S/C37H39N7O6/c38-33(45)15-14-28(42-35(47)29-18-25-24-11-5-7-13-27(24)41-32(25)20-40-29)34(46)43-30(16-21-8-2-1-3-9-21)36(48)44-31(37(49)50)17-22-19-39-26-12-6-4-10-23(22)26/h1-13,19,28-31,39-41H,14-18,20H2,(H2,38,45)(H,42,47)(H,43,46)(H,44,48)(H,49,50)/t28-,29-,30-,31-/m0/s1. The smallest absolute Gasteiger partial charge is 0.326 e. The van der Waals surface area contributed by atoms with E-state index in [2.05, 4.69) is 31.2 Å². The number of nitrogens with two attached hydrogens (primary N) is 1. The van der Waals surface area contributed by atoms with Crippen molar-refractivity contribution >= 4 is 51.4 Å². The first-order valence-electron chi connectivity index (χ1n) is 16.5. The molecule has 50 heavy (non-hydrogen) atoms. The number of carbonyl (C=O) groups is 5. The van der Waals surface area contributed by atoms with Crippen LogP contribution in [-0.4, -0.2) is 68.8 Å². The maximum Gasteiger partial charge on any atom is 0.326 e. The molecule has 5 aromatic rings. The van der Waals surface area contributed by atoms with Gasteiger partial charge in [-0.25, -0.2) is 4.79 Å². The van der Waals surface area contributed by atoms with E-state index in [-0.39, 0.29) is 25.7 Å². The molecule has 3 aromatic carbocycles. The second kappa shape index (κ2) is 15.1. The molecule has 4 atom stereocenters. The second-order valence-corrected chi connectivity index (χ2v) is 12.5. The van der Waals surface area contributed by atoms with Crippen molar-refractivity contribution in [2.45, 2.75) is 62.8 Å². The van der Waals surface area contributed by atoms with Crippen LogP contribution in [0.3, 0.4) is 0 Å².